The van der Waals surface area contributed by atoms with Crippen LogP contribution in [0.25, 0.3) is 0 Å². The largest absolute Gasteiger partial charge is 0.356 e. The predicted molar refractivity (Wildman–Crippen MR) is 73.6 cm³/mol. The average Bonchev–Trinajstić information content (AvgIpc) is 2.70. The molecule has 1 amide bonds. The number of nitrogens with zero attached hydrogens (tertiary/aromatic N) is 1. The van der Waals surface area contributed by atoms with Crippen molar-refractivity contribution in [3.05, 3.63) is 16.1 Å². The molecule has 0 spiro atoms. The van der Waals surface area contributed by atoms with Crippen molar-refractivity contribution in [2.75, 3.05) is 6.54 Å². The Hall–Kier alpha value is -0.940. The van der Waals surface area contributed by atoms with Crippen molar-refractivity contribution < 1.29 is 4.79 Å². The van der Waals surface area contributed by atoms with Gasteiger partial charge in [-0.2, -0.15) is 0 Å². The first-order valence-corrected chi connectivity index (χ1v) is 7.59. The smallest absolute Gasteiger partial charge is 0.220 e. The predicted octanol–water partition coefficient (Wildman–Crippen LogP) is 1.85. The van der Waals surface area contributed by atoms with E-state index in [-0.39, 0.29) is 5.91 Å². The van der Waals surface area contributed by atoms with Crippen molar-refractivity contribution >= 4 is 17.2 Å². The third kappa shape index (κ3) is 4.07. The highest BCUT2D eigenvalue weighted by atomic mass is 32.1. The van der Waals surface area contributed by atoms with Crippen LogP contribution in [0.4, 0.5) is 0 Å². The van der Waals surface area contributed by atoms with Crippen LogP contribution >= 0.6 is 11.3 Å². The maximum Gasteiger partial charge on any atom is 0.220 e. The number of thiazole rings is 1. The summed E-state index contributed by atoms with van der Waals surface area (Å²) in [5.41, 5.74) is 1.13. The molecule has 1 fully saturated rings. The van der Waals surface area contributed by atoms with Crippen molar-refractivity contribution in [2.45, 2.75) is 51.6 Å². The van der Waals surface area contributed by atoms with Gasteiger partial charge in [0.05, 0.1) is 10.7 Å². The van der Waals surface area contributed by atoms with Crippen LogP contribution in [0.3, 0.4) is 0 Å². The average molecular weight is 267 g/mol. The minimum absolute atomic E-state index is 0.179. The van der Waals surface area contributed by atoms with E-state index >= 15 is 0 Å². The second-order valence-electron chi connectivity index (χ2n) is 4.74. The highest BCUT2D eigenvalue weighted by molar-refractivity contribution is 7.09. The van der Waals surface area contributed by atoms with Crippen molar-refractivity contribution in [3.63, 3.8) is 0 Å². The van der Waals surface area contributed by atoms with E-state index < -0.39 is 0 Å². The van der Waals surface area contributed by atoms with Crippen LogP contribution in [0.5, 0.6) is 0 Å². The number of nitrogens with one attached hydrogen (secondary N) is 2. The van der Waals surface area contributed by atoms with E-state index in [1.165, 1.54) is 5.01 Å². The number of hydrogen-bond donors (Lipinski definition) is 2. The fraction of sp³-hybridized carbons (Fsp3) is 0.692. The summed E-state index contributed by atoms with van der Waals surface area (Å²) >= 11 is 1.75. The van der Waals surface area contributed by atoms with Crippen molar-refractivity contribution in [1.82, 2.24) is 15.6 Å². The summed E-state index contributed by atoms with van der Waals surface area (Å²) in [6.07, 6.45) is 4.80. The maximum absolute atomic E-state index is 11.2. The molecule has 2 rings (SSSR count). The Morgan fingerprint density at radius 1 is 1.56 bits per heavy atom. The number of aromatic nitrogens is 1. The quantitative estimate of drug-likeness (QED) is 0.856. The first-order chi connectivity index (χ1) is 8.78. The number of amides is 1. The molecular formula is C13H21N3OS. The molecule has 0 bridgehead atoms. The maximum atomic E-state index is 11.2. The molecule has 0 aromatic carbocycles. The molecule has 0 unspecified atom stereocenters. The number of hydrogen-bond acceptors (Lipinski definition) is 4. The number of aryl methyl sites for hydroxylation is 1. The van der Waals surface area contributed by atoms with Crippen LogP contribution in [-0.4, -0.2) is 23.5 Å². The third-order valence-corrected chi connectivity index (χ3v) is 4.13. The highest BCUT2D eigenvalue weighted by Gasteiger charge is 2.15. The summed E-state index contributed by atoms with van der Waals surface area (Å²) in [4.78, 5) is 15.8. The molecule has 18 heavy (non-hydrogen) atoms. The second-order valence-corrected chi connectivity index (χ2v) is 5.68. The topological polar surface area (TPSA) is 54.0 Å². The third-order valence-electron chi connectivity index (χ3n) is 3.17. The Morgan fingerprint density at radius 3 is 3.28 bits per heavy atom. The molecule has 0 radical (unpaired) electrons. The van der Waals surface area contributed by atoms with Crippen molar-refractivity contribution in [2.24, 2.45) is 0 Å². The van der Waals surface area contributed by atoms with Gasteiger partial charge in [-0.15, -0.1) is 11.3 Å². The molecule has 0 aliphatic carbocycles. The van der Waals surface area contributed by atoms with Gasteiger partial charge in [-0.1, -0.05) is 6.92 Å². The molecule has 5 heteroatoms. The summed E-state index contributed by atoms with van der Waals surface area (Å²) in [5.74, 6) is 0.179. The number of carbonyl (C=O) groups is 1. The molecule has 1 aliphatic rings. The molecule has 1 aromatic rings. The summed E-state index contributed by atoms with van der Waals surface area (Å²) in [5, 5.41) is 9.77. The lowest BCUT2D eigenvalue weighted by molar-refractivity contribution is -0.120. The van der Waals surface area contributed by atoms with Gasteiger partial charge in [0.25, 0.3) is 0 Å². The van der Waals surface area contributed by atoms with E-state index in [0.717, 1.165) is 44.5 Å². The van der Waals surface area contributed by atoms with Gasteiger partial charge in [-0.25, -0.2) is 4.98 Å². The molecule has 1 atom stereocenters. The molecule has 100 valence electrons. The molecule has 1 aromatic heterocycles. The fourth-order valence-electron chi connectivity index (χ4n) is 2.14. The van der Waals surface area contributed by atoms with E-state index in [1.54, 1.807) is 11.3 Å². The van der Waals surface area contributed by atoms with Gasteiger partial charge in [-0.05, 0) is 25.7 Å². The lowest BCUT2D eigenvalue weighted by atomic mass is 10.1. The molecule has 0 saturated carbocycles. The normalized spacial score (nSPS) is 20.5. The van der Waals surface area contributed by atoms with Crippen LogP contribution in [0.15, 0.2) is 5.38 Å². The number of rotatable bonds is 5. The molecule has 1 aliphatic heterocycles. The van der Waals surface area contributed by atoms with Crippen molar-refractivity contribution in [1.29, 1.82) is 0 Å². The first-order valence-electron chi connectivity index (χ1n) is 6.71. The molecular weight excluding hydrogens is 246 g/mol. The van der Waals surface area contributed by atoms with Crippen LogP contribution < -0.4 is 10.6 Å². The first kappa shape index (κ1) is 13.5. The molecule has 2 N–H and O–H groups in total. The van der Waals surface area contributed by atoms with Crippen molar-refractivity contribution in [3.8, 4) is 0 Å². The van der Waals surface area contributed by atoms with Crippen LogP contribution in [0.1, 0.15) is 43.3 Å². The zero-order valence-corrected chi connectivity index (χ0v) is 11.7. The van der Waals surface area contributed by atoms with Gasteiger partial charge in [0.15, 0.2) is 0 Å². The van der Waals surface area contributed by atoms with E-state index in [2.05, 4.69) is 27.9 Å². The van der Waals surface area contributed by atoms with Gasteiger partial charge in [0.2, 0.25) is 5.91 Å². The van der Waals surface area contributed by atoms with Gasteiger partial charge in [0, 0.05) is 30.9 Å². The number of carbonyl (C=O) groups excluding carboxylic acids is 1. The van der Waals surface area contributed by atoms with E-state index in [9.17, 15) is 4.79 Å². The summed E-state index contributed by atoms with van der Waals surface area (Å²) < 4.78 is 0. The standard InChI is InChI=1S/C13H21N3OS/c1-2-3-13-16-11(9-18-13)8-15-10-4-5-12(17)14-7-6-10/h9-10,15H,2-8H2,1H3,(H,14,17)/t10-/m0/s1. The zero-order valence-electron chi connectivity index (χ0n) is 10.9. The Morgan fingerprint density at radius 2 is 2.44 bits per heavy atom. The Bertz CT molecular complexity index is 391. The SMILES string of the molecule is CCCc1nc(CN[C@@H]2CCNC(=O)CC2)cs1. The lowest BCUT2D eigenvalue weighted by Crippen LogP contribution is -2.29. The monoisotopic (exact) mass is 267 g/mol. The summed E-state index contributed by atoms with van der Waals surface area (Å²) in [6.45, 7) is 3.78. The Balaban J connectivity index is 1.77. The molecule has 2 heterocycles. The van der Waals surface area contributed by atoms with E-state index in [4.69, 9.17) is 0 Å². The van der Waals surface area contributed by atoms with Crippen LogP contribution in [0, 0.1) is 0 Å². The zero-order chi connectivity index (χ0) is 12.8. The molecule has 4 nitrogen and oxygen atoms in total. The van der Waals surface area contributed by atoms with E-state index in [0.29, 0.717) is 12.5 Å². The van der Waals surface area contributed by atoms with Gasteiger partial charge < -0.3 is 10.6 Å². The lowest BCUT2D eigenvalue weighted by Gasteiger charge is -2.14. The van der Waals surface area contributed by atoms with Crippen LogP contribution in [-0.2, 0) is 17.8 Å². The van der Waals surface area contributed by atoms with Gasteiger partial charge in [-0.3, -0.25) is 4.79 Å². The second kappa shape index (κ2) is 6.85. The highest BCUT2D eigenvalue weighted by Crippen LogP contribution is 2.13. The minimum atomic E-state index is 0.179. The molecule has 1 saturated heterocycles. The van der Waals surface area contributed by atoms with Crippen LogP contribution in [0.2, 0.25) is 0 Å². The Labute approximate surface area is 112 Å². The Kier molecular flexibility index (Phi) is 5.13. The fourth-order valence-corrected chi connectivity index (χ4v) is 3.04. The summed E-state index contributed by atoms with van der Waals surface area (Å²) in [7, 11) is 0. The van der Waals surface area contributed by atoms with Gasteiger partial charge >= 0.3 is 0 Å². The summed E-state index contributed by atoms with van der Waals surface area (Å²) in [6, 6.07) is 0.431. The minimum Gasteiger partial charge on any atom is -0.356 e. The van der Waals surface area contributed by atoms with Gasteiger partial charge in [0.1, 0.15) is 0 Å². The van der Waals surface area contributed by atoms with E-state index in [1.807, 2.05) is 0 Å².